The summed E-state index contributed by atoms with van der Waals surface area (Å²) in [4.78, 5) is 15.6. The lowest BCUT2D eigenvalue weighted by atomic mass is 9.86. The van der Waals surface area contributed by atoms with Crippen molar-refractivity contribution in [1.82, 2.24) is 10.2 Å². The molecule has 2 aromatic rings. The summed E-state index contributed by atoms with van der Waals surface area (Å²) in [7, 11) is -1.76. The molecule has 186 valence electrons. The van der Waals surface area contributed by atoms with Crippen LogP contribution < -0.4 is 5.32 Å². The van der Waals surface area contributed by atoms with E-state index >= 15 is 0 Å². The van der Waals surface area contributed by atoms with Gasteiger partial charge in [0.25, 0.3) is 0 Å². The number of hydrogen-bond acceptors (Lipinski definition) is 7. The van der Waals surface area contributed by atoms with Crippen molar-refractivity contribution >= 4 is 27.4 Å². The number of nitrogens with one attached hydrogen (secondary N) is 1. The summed E-state index contributed by atoms with van der Waals surface area (Å²) in [6.45, 7) is 3.34. The average Bonchev–Trinajstić information content (AvgIpc) is 2.96. The highest BCUT2D eigenvalue weighted by Gasteiger charge is 2.42. The number of rotatable bonds is 7. The molecule has 1 unspecified atom stereocenters. The van der Waals surface area contributed by atoms with Crippen LogP contribution in [0.15, 0.2) is 76.5 Å². The van der Waals surface area contributed by atoms with Gasteiger partial charge in [0.2, 0.25) is 0 Å². The zero-order chi connectivity index (χ0) is 25.0. The number of halogens is 1. The van der Waals surface area contributed by atoms with Crippen molar-refractivity contribution < 1.29 is 22.7 Å². The Morgan fingerprint density at radius 3 is 2.63 bits per heavy atom. The van der Waals surface area contributed by atoms with Crippen molar-refractivity contribution in [2.24, 2.45) is 0 Å². The molecule has 35 heavy (non-hydrogen) atoms. The van der Waals surface area contributed by atoms with Crippen LogP contribution in [-0.4, -0.2) is 58.5 Å². The van der Waals surface area contributed by atoms with Gasteiger partial charge in [0.05, 0.1) is 41.1 Å². The van der Waals surface area contributed by atoms with E-state index < -0.39 is 21.7 Å². The molecule has 7 nitrogen and oxygen atoms in total. The Hall–Kier alpha value is -2.65. The Kier molecular flexibility index (Phi) is 7.96. The maximum Gasteiger partial charge on any atom is 0.336 e. The van der Waals surface area contributed by atoms with Crippen molar-refractivity contribution in [2.45, 2.75) is 19.4 Å². The lowest BCUT2D eigenvalue weighted by molar-refractivity contribution is -0.139. The van der Waals surface area contributed by atoms with Crippen molar-refractivity contribution in [1.29, 1.82) is 0 Å². The standard InChI is InChI=1S/C26H29ClN2O5S/c1-18-23(26(30)34-13-12-29(2)16-19-8-4-3-5-9-19)24(20-10-6-7-11-21(20)27)25-22(28-18)17-33-14-15-35(25,31)32/h3-11,24,28H,12-17H2,1-2H3. The molecule has 9 heteroatoms. The van der Waals surface area contributed by atoms with E-state index in [1.165, 1.54) is 0 Å². The van der Waals surface area contributed by atoms with Gasteiger partial charge in [0.15, 0.2) is 9.84 Å². The summed E-state index contributed by atoms with van der Waals surface area (Å²) >= 11 is 6.51. The van der Waals surface area contributed by atoms with E-state index in [9.17, 15) is 13.2 Å². The fraction of sp³-hybridized carbons (Fsp3) is 0.346. The summed E-state index contributed by atoms with van der Waals surface area (Å²) in [6.07, 6.45) is 0. The molecule has 0 radical (unpaired) electrons. The van der Waals surface area contributed by atoms with Gasteiger partial charge in [-0.2, -0.15) is 0 Å². The third-order valence-electron chi connectivity index (χ3n) is 6.11. The largest absolute Gasteiger partial charge is 0.461 e. The summed E-state index contributed by atoms with van der Waals surface area (Å²) in [6, 6.07) is 17.0. The second-order valence-electron chi connectivity index (χ2n) is 8.69. The third-order valence-corrected chi connectivity index (χ3v) is 8.31. The number of hydrogen-bond donors (Lipinski definition) is 1. The molecule has 2 aromatic carbocycles. The number of dihydropyridines is 1. The highest BCUT2D eigenvalue weighted by molar-refractivity contribution is 7.95. The number of likely N-dealkylation sites (N-methyl/N-ethyl adjacent to an activating group) is 1. The molecule has 0 aliphatic carbocycles. The van der Waals surface area contributed by atoms with Gasteiger partial charge in [-0.15, -0.1) is 0 Å². The minimum atomic E-state index is -3.71. The van der Waals surface area contributed by atoms with Gasteiger partial charge in [-0.1, -0.05) is 60.1 Å². The number of carbonyl (C=O) groups is 1. The van der Waals surface area contributed by atoms with Crippen molar-refractivity contribution in [3.63, 3.8) is 0 Å². The van der Waals surface area contributed by atoms with Crippen molar-refractivity contribution in [3.8, 4) is 0 Å². The van der Waals surface area contributed by atoms with Gasteiger partial charge in [0, 0.05) is 23.8 Å². The number of nitrogens with zero attached hydrogens (tertiary/aromatic N) is 1. The van der Waals surface area contributed by atoms with Crippen molar-refractivity contribution in [2.75, 3.05) is 39.2 Å². The van der Waals surface area contributed by atoms with E-state index in [1.54, 1.807) is 31.2 Å². The Balaban J connectivity index is 1.58. The summed E-state index contributed by atoms with van der Waals surface area (Å²) in [5, 5.41) is 3.48. The van der Waals surface area contributed by atoms with Crippen LogP contribution in [0.1, 0.15) is 24.0 Å². The molecule has 0 saturated carbocycles. The van der Waals surface area contributed by atoms with Crippen LogP contribution in [0.2, 0.25) is 5.02 Å². The van der Waals surface area contributed by atoms with Crippen LogP contribution in [0, 0.1) is 0 Å². The first-order valence-electron chi connectivity index (χ1n) is 11.4. The van der Waals surface area contributed by atoms with E-state index in [-0.39, 0.29) is 36.1 Å². The van der Waals surface area contributed by atoms with Crippen LogP contribution in [0.4, 0.5) is 0 Å². The van der Waals surface area contributed by atoms with Gasteiger partial charge < -0.3 is 14.8 Å². The highest BCUT2D eigenvalue weighted by atomic mass is 35.5. The van der Waals surface area contributed by atoms with E-state index in [0.717, 1.165) is 12.1 Å². The highest BCUT2D eigenvalue weighted by Crippen LogP contribution is 2.44. The Morgan fingerprint density at radius 1 is 1.17 bits per heavy atom. The third kappa shape index (κ3) is 5.78. The first kappa shape index (κ1) is 25.4. The fourth-order valence-electron chi connectivity index (χ4n) is 4.43. The minimum absolute atomic E-state index is 0.0822. The number of benzene rings is 2. The molecule has 0 aromatic heterocycles. The molecule has 2 heterocycles. The summed E-state index contributed by atoms with van der Waals surface area (Å²) in [5.41, 5.74) is 2.91. The second kappa shape index (κ2) is 11.0. The molecular formula is C26H29ClN2O5S. The number of carbonyl (C=O) groups excluding carboxylic acids is 1. The van der Waals surface area contributed by atoms with E-state index in [0.29, 0.717) is 28.5 Å². The molecule has 0 bridgehead atoms. The molecular weight excluding hydrogens is 488 g/mol. The Labute approximate surface area is 211 Å². The summed E-state index contributed by atoms with van der Waals surface area (Å²) < 4.78 is 37.7. The predicted molar refractivity (Wildman–Crippen MR) is 135 cm³/mol. The van der Waals surface area contributed by atoms with Gasteiger partial charge in [-0.05, 0) is 31.2 Å². The number of esters is 1. The number of ether oxygens (including phenoxy) is 2. The lowest BCUT2D eigenvalue weighted by Crippen LogP contribution is -2.34. The summed E-state index contributed by atoms with van der Waals surface area (Å²) in [5.74, 6) is -1.61. The maximum absolute atomic E-state index is 13.4. The van der Waals surface area contributed by atoms with Crippen LogP contribution >= 0.6 is 11.6 Å². The first-order chi connectivity index (χ1) is 16.8. The fourth-order valence-corrected chi connectivity index (χ4v) is 6.32. The molecule has 0 spiro atoms. The minimum Gasteiger partial charge on any atom is -0.461 e. The van der Waals surface area contributed by atoms with Crippen LogP contribution in [-0.2, 0) is 30.7 Å². The maximum atomic E-state index is 13.4. The molecule has 0 amide bonds. The Bertz CT molecular complexity index is 1260. The lowest BCUT2D eigenvalue weighted by Gasteiger charge is -2.31. The monoisotopic (exact) mass is 516 g/mol. The Morgan fingerprint density at radius 2 is 1.89 bits per heavy atom. The SMILES string of the molecule is CC1=C(C(=O)OCCN(C)Cc2ccccc2)C(c2ccccc2Cl)C2=C(COCCS2(=O)=O)N1. The molecule has 0 saturated heterocycles. The van der Waals surface area contributed by atoms with Gasteiger partial charge >= 0.3 is 5.97 Å². The van der Waals surface area contributed by atoms with Gasteiger partial charge in [0.1, 0.15) is 6.61 Å². The number of sulfone groups is 1. The predicted octanol–water partition coefficient (Wildman–Crippen LogP) is 3.63. The van der Waals surface area contributed by atoms with Gasteiger partial charge in [-0.25, -0.2) is 13.2 Å². The number of allylic oxidation sites excluding steroid dienone is 2. The van der Waals surface area contributed by atoms with Crippen LogP contribution in [0.5, 0.6) is 0 Å². The zero-order valence-corrected chi connectivity index (χ0v) is 21.4. The van der Waals surface area contributed by atoms with E-state index in [2.05, 4.69) is 10.2 Å². The molecule has 1 atom stereocenters. The molecule has 0 fully saturated rings. The quantitative estimate of drug-likeness (QED) is 0.562. The van der Waals surface area contributed by atoms with E-state index in [1.807, 2.05) is 37.4 Å². The van der Waals surface area contributed by atoms with Crippen LogP contribution in [0.25, 0.3) is 0 Å². The van der Waals surface area contributed by atoms with Crippen LogP contribution in [0.3, 0.4) is 0 Å². The normalized spacial score (nSPS) is 19.7. The topological polar surface area (TPSA) is 84.9 Å². The molecule has 2 aliphatic heterocycles. The smallest absolute Gasteiger partial charge is 0.336 e. The van der Waals surface area contributed by atoms with Gasteiger partial charge in [-0.3, -0.25) is 4.90 Å². The molecule has 1 N–H and O–H groups in total. The zero-order valence-electron chi connectivity index (χ0n) is 19.8. The molecule has 2 aliphatic rings. The molecule has 4 rings (SSSR count). The first-order valence-corrected chi connectivity index (χ1v) is 13.5. The average molecular weight is 517 g/mol. The van der Waals surface area contributed by atoms with E-state index in [4.69, 9.17) is 21.1 Å². The van der Waals surface area contributed by atoms with Crippen molar-refractivity contribution in [3.05, 3.63) is 92.6 Å². The second-order valence-corrected chi connectivity index (χ2v) is 11.2.